The van der Waals surface area contributed by atoms with Crippen LogP contribution in [-0.2, 0) is 15.8 Å². The van der Waals surface area contributed by atoms with Crippen LogP contribution in [0.2, 0.25) is 0 Å². The summed E-state index contributed by atoms with van der Waals surface area (Å²) < 4.78 is 42.4. The van der Waals surface area contributed by atoms with Crippen LogP contribution in [0.5, 0.6) is 5.75 Å². The quantitative estimate of drug-likeness (QED) is 0.479. The molecule has 142 valence electrons. The molecular formula is C16H12F3N3O5. The Morgan fingerprint density at radius 1 is 1.04 bits per heavy atom. The molecule has 0 bridgehead atoms. The molecule has 8 nitrogen and oxygen atoms in total. The third-order valence-electron chi connectivity index (χ3n) is 3.32. The minimum Gasteiger partial charge on any atom is -0.494 e. The zero-order chi connectivity index (χ0) is 20.2. The molecule has 0 spiro atoms. The number of carbonyl (C=O) groups excluding carboxylic acids is 2. The zero-order valence-electron chi connectivity index (χ0n) is 13.7. The first kappa shape index (κ1) is 19.7. The van der Waals surface area contributed by atoms with Gasteiger partial charge in [0.1, 0.15) is 5.75 Å². The number of halogens is 3. The molecule has 0 unspecified atom stereocenters. The standard InChI is InChI=1S/C16H12F3N3O5/c1-27-13-8-11(22(25)26)6-7-12(13)21-15(24)14(23)20-10-4-2-9(3-5-10)16(17,18)19/h2-8H,1H3,(H,20,23)(H,21,24). The number of alkyl halides is 3. The van der Waals surface area contributed by atoms with Crippen LogP contribution in [0, 0.1) is 10.1 Å². The third-order valence-corrected chi connectivity index (χ3v) is 3.32. The summed E-state index contributed by atoms with van der Waals surface area (Å²) in [6.07, 6.45) is -4.52. The molecule has 0 radical (unpaired) electrons. The first-order valence-corrected chi connectivity index (χ1v) is 7.24. The van der Waals surface area contributed by atoms with E-state index < -0.39 is 28.5 Å². The number of nitrogens with one attached hydrogen (secondary N) is 2. The van der Waals surface area contributed by atoms with Gasteiger partial charge in [-0.1, -0.05) is 0 Å². The maximum atomic E-state index is 12.5. The lowest BCUT2D eigenvalue weighted by Crippen LogP contribution is -2.29. The summed E-state index contributed by atoms with van der Waals surface area (Å²) in [6.45, 7) is 0. The molecule has 2 aromatic rings. The average molecular weight is 383 g/mol. The van der Waals surface area contributed by atoms with Crippen LogP contribution in [0.4, 0.5) is 30.2 Å². The Hall–Kier alpha value is -3.63. The van der Waals surface area contributed by atoms with Crippen molar-refractivity contribution < 1.29 is 32.4 Å². The fraction of sp³-hybridized carbons (Fsp3) is 0.125. The fourth-order valence-corrected chi connectivity index (χ4v) is 2.01. The van der Waals surface area contributed by atoms with Crippen molar-refractivity contribution in [1.29, 1.82) is 0 Å². The van der Waals surface area contributed by atoms with Gasteiger partial charge in [0.2, 0.25) is 0 Å². The van der Waals surface area contributed by atoms with E-state index in [4.69, 9.17) is 4.74 Å². The summed E-state index contributed by atoms with van der Waals surface area (Å²) in [7, 11) is 1.22. The lowest BCUT2D eigenvalue weighted by molar-refractivity contribution is -0.384. The average Bonchev–Trinajstić information content (AvgIpc) is 2.61. The van der Waals surface area contributed by atoms with Crippen molar-refractivity contribution in [3.63, 3.8) is 0 Å². The number of nitrogens with zero attached hydrogens (tertiary/aromatic N) is 1. The summed E-state index contributed by atoms with van der Waals surface area (Å²) in [5.74, 6) is -2.32. The van der Waals surface area contributed by atoms with E-state index in [9.17, 15) is 32.9 Å². The molecule has 2 amide bonds. The van der Waals surface area contributed by atoms with Gasteiger partial charge in [-0.25, -0.2) is 0 Å². The van der Waals surface area contributed by atoms with Gasteiger partial charge >= 0.3 is 18.0 Å². The van der Waals surface area contributed by atoms with E-state index in [1.54, 1.807) is 0 Å². The van der Waals surface area contributed by atoms with Crippen LogP contribution in [0.15, 0.2) is 42.5 Å². The van der Waals surface area contributed by atoms with Gasteiger partial charge in [-0.05, 0) is 30.3 Å². The molecular weight excluding hydrogens is 371 g/mol. The largest absolute Gasteiger partial charge is 0.494 e. The Balaban J connectivity index is 2.08. The Labute approximate surface area is 150 Å². The van der Waals surface area contributed by atoms with E-state index in [0.29, 0.717) is 0 Å². The molecule has 11 heteroatoms. The maximum Gasteiger partial charge on any atom is 0.416 e. The van der Waals surface area contributed by atoms with Gasteiger partial charge in [0.15, 0.2) is 0 Å². The van der Waals surface area contributed by atoms with Gasteiger partial charge in [-0.15, -0.1) is 0 Å². The van der Waals surface area contributed by atoms with Crippen molar-refractivity contribution in [3.05, 3.63) is 58.1 Å². The number of hydrogen-bond donors (Lipinski definition) is 2. The molecule has 0 heterocycles. The molecule has 2 rings (SSSR count). The number of anilines is 2. The molecule has 0 saturated heterocycles. The highest BCUT2D eigenvalue weighted by molar-refractivity contribution is 6.43. The van der Waals surface area contributed by atoms with Gasteiger partial charge in [-0.3, -0.25) is 19.7 Å². The Morgan fingerprint density at radius 3 is 2.15 bits per heavy atom. The van der Waals surface area contributed by atoms with Crippen molar-refractivity contribution in [2.45, 2.75) is 6.18 Å². The highest BCUT2D eigenvalue weighted by Gasteiger charge is 2.30. The molecule has 27 heavy (non-hydrogen) atoms. The minimum atomic E-state index is -4.52. The number of methoxy groups -OCH3 is 1. The molecule has 0 aliphatic rings. The molecule has 0 atom stereocenters. The van der Waals surface area contributed by atoms with Crippen LogP contribution >= 0.6 is 0 Å². The summed E-state index contributed by atoms with van der Waals surface area (Å²) in [4.78, 5) is 33.9. The number of hydrogen-bond acceptors (Lipinski definition) is 5. The van der Waals surface area contributed by atoms with Gasteiger partial charge < -0.3 is 15.4 Å². The van der Waals surface area contributed by atoms with Crippen LogP contribution < -0.4 is 15.4 Å². The zero-order valence-corrected chi connectivity index (χ0v) is 13.7. The summed E-state index contributed by atoms with van der Waals surface area (Å²) in [5.41, 5.74) is -1.19. The van der Waals surface area contributed by atoms with Crippen LogP contribution in [-0.4, -0.2) is 23.8 Å². The highest BCUT2D eigenvalue weighted by Crippen LogP contribution is 2.30. The Bertz CT molecular complexity index is 882. The van der Waals surface area contributed by atoms with Gasteiger partial charge in [0.25, 0.3) is 5.69 Å². The second-order valence-electron chi connectivity index (χ2n) is 5.13. The minimum absolute atomic E-state index is 0.00988. The molecule has 0 aliphatic heterocycles. The number of non-ortho nitro benzene ring substituents is 1. The lowest BCUT2D eigenvalue weighted by atomic mass is 10.2. The first-order chi connectivity index (χ1) is 12.6. The van der Waals surface area contributed by atoms with Crippen LogP contribution in [0.1, 0.15) is 5.56 Å². The predicted octanol–water partition coefficient (Wildman–Crippen LogP) is 3.20. The summed E-state index contributed by atoms with van der Waals surface area (Å²) >= 11 is 0. The Morgan fingerprint density at radius 2 is 1.63 bits per heavy atom. The lowest BCUT2D eigenvalue weighted by Gasteiger charge is -2.11. The second kappa shape index (κ2) is 7.72. The van der Waals surface area contributed by atoms with Gasteiger partial charge in [0, 0.05) is 11.8 Å². The van der Waals surface area contributed by atoms with E-state index in [1.165, 1.54) is 13.2 Å². The smallest absolute Gasteiger partial charge is 0.416 e. The van der Waals surface area contributed by atoms with Crippen molar-refractivity contribution in [2.24, 2.45) is 0 Å². The molecule has 0 saturated carbocycles. The maximum absolute atomic E-state index is 12.5. The number of nitro groups is 1. The number of benzene rings is 2. The van der Waals surface area contributed by atoms with E-state index in [0.717, 1.165) is 36.4 Å². The SMILES string of the molecule is COc1cc([N+](=O)[O-])ccc1NC(=O)C(=O)Nc1ccc(C(F)(F)F)cc1. The molecule has 0 aromatic heterocycles. The predicted molar refractivity (Wildman–Crippen MR) is 88.4 cm³/mol. The van der Waals surface area contributed by atoms with Crippen molar-refractivity contribution in [2.75, 3.05) is 17.7 Å². The normalized spacial score (nSPS) is 10.8. The van der Waals surface area contributed by atoms with Crippen molar-refractivity contribution in [3.8, 4) is 5.75 Å². The molecule has 2 N–H and O–H groups in total. The van der Waals surface area contributed by atoms with E-state index in [-0.39, 0.29) is 22.8 Å². The van der Waals surface area contributed by atoms with Crippen molar-refractivity contribution in [1.82, 2.24) is 0 Å². The number of ether oxygens (including phenoxy) is 1. The molecule has 0 fully saturated rings. The third kappa shape index (κ3) is 4.93. The highest BCUT2D eigenvalue weighted by atomic mass is 19.4. The number of carbonyl (C=O) groups is 2. The summed E-state index contributed by atoms with van der Waals surface area (Å²) in [5, 5.41) is 15.1. The van der Waals surface area contributed by atoms with Gasteiger partial charge in [-0.2, -0.15) is 13.2 Å². The molecule has 0 aliphatic carbocycles. The summed E-state index contributed by atoms with van der Waals surface area (Å²) in [6, 6.07) is 6.86. The van der Waals surface area contributed by atoms with Crippen LogP contribution in [0.25, 0.3) is 0 Å². The number of amides is 2. The van der Waals surface area contributed by atoms with Crippen molar-refractivity contribution >= 4 is 28.9 Å². The second-order valence-corrected chi connectivity index (χ2v) is 5.13. The van der Waals surface area contributed by atoms with Gasteiger partial charge in [0.05, 0.1) is 29.4 Å². The monoisotopic (exact) mass is 383 g/mol. The Kier molecular flexibility index (Phi) is 5.63. The van der Waals surface area contributed by atoms with E-state index in [2.05, 4.69) is 10.6 Å². The number of rotatable bonds is 4. The van der Waals surface area contributed by atoms with E-state index >= 15 is 0 Å². The van der Waals surface area contributed by atoms with Crippen LogP contribution in [0.3, 0.4) is 0 Å². The van der Waals surface area contributed by atoms with E-state index in [1.807, 2.05) is 0 Å². The topological polar surface area (TPSA) is 111 Å². The number of nitro benzene ring substituents is 1. The first-order valence-electron chi connectivity index (χ1n) is 7.24. The molecule has 2 aromatic carbocycles. The fourth-order valence-electron chi connectivity index (χ4n) is 2.01.